The lowest BCUT2D eigenvalue weighted by Gasteiger charge is -2.44. The van der Waals surface area contributed by atoms with Crippen molar-refractivity contribution in [3.63, 3.8) is 0 Å². The third kappa shape index (κ3) is 7.64. The maximum atomic E-state index is 12.7. The van der Waals surface area contributed by atoms with Gasteiger partial charge in [-0.2, -0.15) is 0 Å². The van der Waals surface area contributed by atoms with Crippen molar-refractivity contribution in [3.8, 4) is 0 Å². The Morgan fingerprint density at radius 1 is 1.11 bits per heavy atom. The van der Waals surface area contributed by atoms with Crippen molar-refractivity contribution < 1.29 is 19.5 Å². The SMILES string of the molecule is CN(C)CCC1CCCCC1(CC=O)c1cccc(CCC(=O)NCC2(CC(=O)O)CCCCC2)c1. The van der Waals surface area contributed by atoms with Crippen molar-refractivity contribution in [1.29, 1.82) is 0 Å². The molecule has 0 heterocycles. The van der Waals surface area contributed by atoms with Gasteiger partial charge in [0.05, 0.1) is 6.42 Å². The van der Waals surface area contributed by atoms with Gasteiger partial charge in [-0.05, 0) is 81.6 Å². The maximum absolute atomic E-state index is 12.7. The lowest BCUT2D eigenvalue weighted by Crippen LogP contribution is -2.40. The number of rotatable bonds is 13. The molecule has 1 aromatic carbocycles. The number of nitrogens with one attached hydrogen (secondary N) is 1. The minimum absolute atomic E-state index is 0.0140. The Labute approximate surface area is 217 Å². The highest BCUT2D eigenvalue weighted by Gasteiger charge is 2.41. The van der Waals surface area contributed by atoms with Crippen LogP contribution in [0.3, 0.4) is 0 Å². The number of amides is 1. The standard InChI is InChI=1S/C30H46N2O4/c1-32(2)19-14-25-10-4-7-17-30(25,18-20-33)26-11-8-9-24(21-26)12-13-27(34)31-23-29(22-28(35)36)15-5-3-6-16-29/h8-9,11,20-21,25H,3-7,10,12-19,22-23H2,1-2H3,(H,31,34)(H,35,36). The average Bonchev–Trinajstić information content (AvgIpc) is 2.86. The number of benzene rings is 1. The molecule has 1 amide bonds. The number of nitrogens with zero attached hydrogens (tertiary/aromatic N) is 1. The van der Waals surface area contributed by atoms with Gasteiger partial charge in [-0.25, -0.2) is 0 Å². The number of carboxylic acids is 1. The number of aryl methyl sites for hydroxylation is 1. The third-order valence-electron chi connectivity index (χ3n) is 8.82. The minimum Gasteiger partial charge on any atom is -0.481 e. The molecule has 2 aliphatic rings. The van der Waals surface area contributed by atoms with Crippen LogP contribution < -0.4 is 5.32 Å². The van der Waals surface area contributed by atoms with E-state index in [-0.39, 0.29) is 23.2 Å². The third-order valence-corrected chi connectivity index (χ3v) is 8.82. The van der Waals surface area contributed by atoms with E-state index in [1.807, 2.05) is 0 Å². The van der Waals surface area contributed by atoms with Crippen LogP contribution in [0.4, 0.5) is 0 Å². The van der Waals surface area contributed by atoms with Crippen molar-refractivity contribution in [2.24, 2.45) is 11.3 Å². The fourth-order valence-electron chi connectivity index (χ4n) is 6.77. The van der Waals surface area contributed by atoms with E-state index >= 15 is 0 Å². The van der Waals surface area contributed by atoms with E-state index in [0.29, 0.717) is 31.7 Å². The summed E-state index contributed by atoms with van der Waals surface area (Å²) >= 11 is 0. The minimum atomic E-state index is -0.779. The van der Waals surface area contributed by atoms with Gasteiger partial charge < -0.3 is 20.1 Å². The Balaban J connectivity index is 1.65. The molecular formula is C30H46N2O4. The highest BCUT2D eigenvalue weighted by molar-refractivity contribution is 5.76. The zero-order valence-electron chi connectivity index (χ0n) is 22.4. The van der Waals surface area contributed by atoms with Crippen molar-refractivity contribution in [2.45, 2.75) is 95.3 Å². The molecular weight excluding hydrogens is 452 g/mol. The number of aliphatic carboxylic acids is 1. The summed E-state index contributed by atoms with van der Waals surface area (Å²) in [5.41, 5.74) is 1.96. The normalized spacial score (nSPS) is 23.8. The van der Waals surface area contributed by atoms with E-state index in [4.69, 9.17) is 0 Å². The monoisotopic (exact) mass is 498 g/mol. The number of carbonyl (C=O) groups excluding carboxylic acids is 2. The Morgan fingerprint density at radius 3 is 2.56 bits per heavy atom. The number of hydrogen-bond acceptors (Lipinski definition) is 4. The summed E-state index contributed by atoms with van der Waals surface area (Å²) in [5, 5.41) is 12.4. The second-order valence-corrected chi connectivity index (χ2v) is 11.7. The number of hydrogen-bond donors (Lipinski definition) is 2. The second kappa shape index (κ2) is 13.4. The van der Waals surface area contributed by atoms with E-state index in [9.17, 15) is 19.5 Å². The second-order valence-electron chi connectivity index (χ2n) is 11.7. The molecule has 2 unspecified atom stereocenters. The van der Waals surface area contributed by atoms with Crippen LogP contribution in [0.2, 0.25) is 0 Å². The molecule has 6 nitrogen and oxygen atoms in total. The van der Waals surface area contributed by atoms with Crippen LogP contribution in [-0.4, -0.2) is 55.4 Å². The molecule has 0 aromatic heterocycles. The van der Waals surface area contributed by atoms with Crippen LogP contribution in [-0.2, 0) is 26.2 Å². The zero-order valence-corrected chi connectivity index (χ0v) is 22.4. The number of aldehydes is 1. The summed E-state index contributed by atoms with van der Waals surface area (Å²) < 4.78 is 0. The van der Waals surface area contributed by atoms with Crippen LogP contribution in [0.15, 0.2) is 24.3 Å². The van der Waals surface area contributed by atoms with Gasteiger partial charge in [0.2, 0.25) is 5.91 Å². The molecule has 0 spiro atoms. The lowest BCUT2D eigenvalue weighted by molar-refractivity contribution is -0.140. The molecule has 36 heavy (non-hydrogen) atoms. The molecule has 0 radical (unpaired) electrons. The van der Waals surface area contributed by atoms with Crippen LogP contribution >= 0.6 is 0 Å². The van der Waals surface area contributed by atoms with Crippen LogP contribution in [0.1, 0.15) is 94.6 Å². The molecule has 6 heteroatoms. The largest absolute Gasteiger partial charge is 0.481 e. The summed E-state index contributed by atoms with van der Waals surface area (Å²) in [6.07, 6.45) is 13.4. The summed E-state index contributed by atoms with van der Waals surface area (Å²) in [5.74, 6) is -0.308. The highest BCUT2D eigenvalue weighted by Crippen LogP contribution is 2.47. The Hall–Kier alpha value is -2.21. The molecule has 2 saturated carbocycles. The van der Waals surface area contributed by atoms with Crippen molar-refractivity contribution in [2.75, 3.05) is 27.2 Å². The van der Waals surface area contributed by atoms with Crippen LogP contribution in [0.25, 0.3) is 0 Å². The first-order valence-corrected chi connectivity index (χ1v) is 13.9. The van der Waals surface area contributed by atoms with E-state index in [0.717, 1.165) is 76.2 Å². The van der Waals surface area contributed by atoms with Gasteiger partial charge in [0, 0.05) is 24.8 Å². The van der Waals surface area contributed by atoms with Crippen LogP contribution in [0.5, 0.6) is 0 Å². The summed E-state index contributed by atoms with van der Waals surface area (Å²) in [4.78, 5) is 38.2. The van der Waals surface area contributed by atoms with Gasteiger partial charge in [0.25, 0.3) is 0 Å². The van der Waals surface area contributed by atoms with Crippen molar-refractivity contribution in [1.82, 2.24) is 10.2 Å². The predicted molar refractivity (Wildman–Crippen MR) is 143 cm³/mol. The van der Waals surface area contributed by atoms with E-state index in [2.05, 4.69) is 48.6 Å². The molecule has 2 fully saturated rings. The molecule has 3 rings (SSSR count). The first-order valence-electron chi connectivity index (χ1n) is 13.9. The van der Waals surface area contributed by atoms with Crippen molar-refractivity contribution in [3.05, 3.63) is 35.4 Å². The summed E-state index contributed by atoms with van der Waals surface area (Å²) in [7, 11) is 4.21. The number of carbonyl (C=O) groups is 3. The molecule has 0 saturated heterocycles. The first kappa shape index (κ1) is 28.4. The quantitative estimate of drug-likeness (QED) is 0.368. The smallest absolute Gasteiger partial charge is 0.303 e. The summed E-state index contributed by atoms with van der Waals surface area (Å²) in [6.45, 7) is 1.47. The van der Waals surface area contributed by atoms with E-state index in [1.54, 1.807) is 0 Å². The highest BCUT2D eigenvalue weighted by atomic mass is 16.4. The molecule has 2 N–H and O–H groups in total. The fourth-order valence-corrected chi connectivity index (χ4v) is 6.77. The van der Waals surface area contributed by atoms with Gasteiger partial charge in [0.1, 0.15) is 6.29 Å². The first-order chi connectivity index (χ1) is 17.3. The molecule has 2 aliphatic carbocycles. The Kier molecular flexibility index (Phi) is 10.5. The average molecular weight is 499 g/mol. The Bertz CT molecular complexity index is 877. The van der Waals surface area contributed by atoms with E-state index < -0.39 is 5.97 Å². The summed E-state index contributed by atoms with van der Waals surface area (Å²) in [6, 6.07) is 8.57. The molecule has 0 bridgehead atoms. The van der Waals surface area contributed by atoms with E-state index in [1.165, 1.54) is 12.0 Å². The van der Waals surface area contributed by atoms with Gasteiger partial charge in [-0.1, -0.05) is 56.4 Å². The number of carboxylic acid groups (broad SMARTS) is 1. The molecule has 200 valence electrons. The topological polar surface area (TPSA) is 86.7 Å². The van der Waals surface area contributed by atoms with Crippen molar-refractivity contribution >= 4 is 18.2 Å². The maximum Gasteiger partial charge on any atom is 0.303 e. The van der Waals surface area contributed by atoms with Gasteiger partial charge in [-0.3, -0.25) is 9.59 Å². The van der Waals surface area contributed by atoms with Crippen LogP contribution in [0, 0.1) is 11.3 Å². The fraction of sp³-hybridized carbons (Fsp3) is 0.700. The van der Waals surface area contributed by atoms with Gasteiger partial charge in [-0.15, -0.1) is 0 Å². The molecule has 1 aromatic rings. The zero-order chi connectivity index (χ0) is 26.0. The van der Waals surface area contributed by atoms with Gasteiger partial charge >= 0.3 is 5.97 Å². The molecule has 2 atom stereocenters. The van der Waals surface area contributed by atoms with Gasteiger partial charge in [0.15, 0.2) is 0 Å². The lowest BCUT2D eigenvalue weighted by atomic mass is 9.60. The molecule has 0 aliphatic heterocycles. The Morgan fingerprint density at radius 2 is 1.86 bits per heavy atom. The predicted octanol–water partition coefficient (Wildman–Crippen LogP) is 5.13.